The van der Waals surface area contributed by atoms with Gasteiger partial charge < -0.3 is 5.32 Å². The molecule has 0 amide bonds. The van der Waals surface area contributed by atoms with Gasteiger partial charge in [-0.25, -0.2) is 18.1 Å². The van der Waals surface area contributed by atoms with E-state index in [4.69, 9.17) is 0 Å². The minimum Gasteiger partial charge on any atom is -0.313 e. The van der Waals surface area contributed by atoms with Crippen LogP contribution in [0.25, 0.3) is 0 Å². The third kappa shape index (κ3) is 3.85. The zero-order valence-electron chi connectivity index (χ0n) is 11.1. The second-order valence-electron chi connectivity index (χ2n) is 4.13. The number of hydrogen-bond acceptors (Lipinski definition) is 6. The molecular formula is C11H17N5O2S2. The van der Waals surface area contributed by atoms with Gasteiger partial charge in [0.2, 0.25) is 0 Å². The fourth-order valence-electron chi connectivity index (χ4n) is 1.66. The number of sulfonamides is 1. The lowest BCUT2D eigenvalue weighted by atomic mass is 10.3. The smallest absolute Gasteiger partial charge is 0.257 e. The molecule has 0 aliphatic rings. The summed E-state index contributed by atoms with van der Waals surface area (Å²) in [6, 6.07) is 0. The Morgan fingerprint density at radius 3 is 3.00 bits per heavy atom. The van der Waals surface area contributed by atoms with Crippen molar-refractivity contribution in [2.75, 3.05) is 13.1 Å². The van der Waals surface area contributed by atoms with Crippen LogP contribution in [-0.2, 0) is 23.0 Å². The number of thiazole rings is 1. The lowest BCUT2D eigenvalue weighted by Gasteiger charge is -2.06. The molecule has 0 aliphatic carbocycles. The van der Waals surface area contributed by atoms with E-state index in [0.717, 1.165) is 12.2 Å². The fraction of sp³-hybridized carbons (Fsp3) is 0.455. The summed E-state index contributed by atoms with van der Waals surface area (Å²) in [4.78, 5) is 4.11. The van der Waals surface area contributed by atoms with Gasteiger partial charge in [-0.3, -0.25) is 5.10 Å². The molecule has 7 nitrogen and oxygen atoms in total. The van der Waals surface area contributed by atoms with E-state index in [1.807, 2.05) is 12.3 Å². The lowest BCUT2D eigenvalue weighted by Crippen LogP contribution is -2.28. The highest BCUT2D eigenvalue weighted by Crippen LogP contribution is 2.11. The molecule has 2 rings (SSSR count). The van der Waals surface area contributed by atoms with Crippen molar-refractivity contribution in [1.82, 2.24) is 25.2 Å². The highest BCUT2D eigenvalue weighted by Gasteiger charge is 2.20. The molecule has 2 aromatic heterocycles. The quantitative estimate of drug-likeness (QED) is 0.658. The Kier molecular flexibility index (Phi) is 5.24. The van der Waals surface area contributed by atoms with Crippen LogP contribution >= 0.6 is 11.3 Å². The van der Waals surface area contributed by atoms with E-state index in [1.165, 1.54) is 17.5 Å². The van der Waals surface area contributed by atoms with Crippen molar-refractivity contribution in [3.05, 3.63) is 28.3 Å². The summed E-state index contributed by atoms with van der Waals surface area (Å²) >= 11 is 1.49. The van der Waals surface area contributed by atoms with Gasteiger partial charge in [-0.1, -0.05) is 6.92 Å². The molecule has 0 saturated heterocycles. The monoisotopic (exact) mass is 315 g/mol. The molecule has 3 N–H and O–H groups in total. The maximum Gasteiger partial charge on any atom is 0.257 e. The van der Waals surface area contributed by atoms with Crippen molar-refractivity contribution in [2.45, 2.75) is 24.9 Å². The van der Waals surface area contributed by atoms with Crippen molar-refractivity contribution in [1.29, 1.82) is 0 Å². The Morgan fingerprint density at radius 1 is 1.45 bits per heavy atom. The third-order valence-electron chi connectivity index (χ3n) is 2.67. The molecule has 0 unspecified atom stereocenters. The number of nitrogens with zero attached hydrogens (tertiary/aromatic N) is 2. The third-order valence-corrected chi connectivity index (χ3v) is 4.78. The van der Waals surface area contributed by atoms with Gasteiger partial charge >= 0.3 is 0 Å². The summed E-state index contributed by atoms with van der Waals surface area (Å²) in [5.41, 5.74) is 3.25. The Hall–Kier alpha value is -1.29. The molecule has 0 atom stereocenters. The first-order valence-corrected chi connectivity index (χ1v) is 8.65. The largest absolute Gasteiger partial charge is 0.313 e. The van der Waals surface area contributed by atoms with Gasteiger partial charge in [0.1, 0.15) is 0 Å². The van der Waals surface area contributed by atoms with Gasteiger partial charge in [0.15, 0.2) is 5.03 Å². The van der Waals surface area contributed by atoms with E-state index in [2.05, 4.69) is 25.2 Å². The van der Waals surface area contributed by atoms with Crippen LogP contribution in [-0.4, -0.2) is 36.7 Å². The number of aromatic amines is 1. The topological polar surface area (TPSA) is 99.8 Å². The molecular weight excluding hydrogens is 298 g/mol. The highest BCUT2D eigenvalue weighted by atomic mass is 32.2. The summed E-state index contributed by atoms with van der Waals surface area (Å²) < 4.78 is 26.9. The number of rotatable bonds is 8. The zero-order valence-corrected chi connectivity index (χ0v) is 12.7. The second-order valence-corrected chi connectivity index (χ2v) is 6.55. The highest BCUT2D eigenvalue weighted by molar-refractivity contribution is 7.89. The van der Waals surface area contributed by atoms with Gasteiger partial charge in [0.05, 0.1) is 17.4 Å². The molecule has 2 heterocycles. The minimum absolute atomic E-state index is 0.122. The van der Waals surface area contributed by atoms with Crippen LogP contribution in [0.2, 0.25) is 0 Å². The second kappa shape index (κ2) is 6.93. The fourth-order valence-corrected chi connectivity index (χ4v) is 3.42. The number of hydrogen-bond donors (Lipinski definition) is 3. The average molecular weight is 315 g/mol. The molecule has 0 radical (unpaired) electrons. The SMILES string of the molecule is CCNCc1cn[nH]c1S(=O)(=O)NCCc1cscn1. The van der Waals surface area contributed by atoms with Crippen LogP contribution in [0.4, 0.5) is 0 Å². The first kappa shape index (κ1) is 15.1. The van der Waals surface area contributed by atoms with Crippen LogP contribution in [0.15, 0.2) is 22.1 Å². The van der Waals surface area contributed by atoms with Crippen LogP contribution in [0.3, 0.4) is 0 Å². The van der Waals surface area contributed by atoms with Crippen molar-refractivity contribution in [2.24, 2.45) is 0 Å². The van der Waals surface area contributed by atoms with Crippen molar-refractivity contribution in [3.63, 3.8) is 0 Å². The maximum atomic E-state index is 12.2. The van der Waals surface area contributed by atoms with E-state index in [-0.39, 0.29) is 5.03 Å². The first-order chi connectivity index (χ1) is 9.63. The lowest BCUT2D eigenvalue weighted by molar-refractivity contribution is 0.574. The Bertz CT molecular complexity index is 621. The number of H-pyrrole nitrogens is 1. The van der Waals surface area contributed by atoms with Crippen molar-refractivity contribution in [3.8, 4) is 0 Å². The van der Waals surface area contributed by atoms with Gasteiger partial charge in [-0.05, 0) is 6.54 Å². The summed E-state index contributed by atoms with van der Waals surface area (Å²) in [5.74, 6) is 0. The molecule has 0 saturated carbocycles. The van der Waals surface area contributed by atoms with E-state index in [9.17, 15) is 8.42 Å². The van der Waals surface area contributed by atoms with E-state index >= 15 is 0 Å². The summed E-state index contributed by atoms with van der Waals surface area (Å²) in [7, 11) is -3.56. The zero-order chi connectivity index (χ0) is 14.4. The standard InChI is InChI=1S/C11H17N5O2S2/c1-2-12-5-9-6-14-16-11(9)20(17,18)15-4-3-10-7-19-8-13-10/h6-8,12,15H,2-5H2,1H3,(H,14,16). The van der Waals surface area contributed by atoms with E-state index in [1.54, 1.807) is 5.51 Å². The molecule has 0 aromatic carbocycles. The van der Waals surface area contributed by atoms with Gasteiger partial charge in [0, 0.05) is 30.5 Å². The minimum atomic E-state index is -3.56. The maximum absolute atomic E-state index is 12.2. The Labute approximate surface area is 121 Å². The molecule has 2 aromatic rings. The Balaban J connectivity index is 1.97. The molecule has 20 heavy (non-hydrogen) atoms. The molecule has 0 aliphatic heterocycles. The van der Waals surface area contributed by atoms with Crippen LogP contribution in [0, 0.1) is 0 Å². The van der Waals surface area contributed by atoms with E-state index in [0.29, 0.717) is 25.1 Å². The molecule has 9 heteroatoms. The molecule has 0 bridgehead atoms. The summed E-state index contributed by atoms with van der Waals surface area (Å²) in [5, 5.41) is 11.5. The molecule has 0 fully saturated rings. The number of nitrogens with one attached hydrogen (secondary N) is 3. The van der Waals surface area contributed by atoms with Crippen LogP contribution in [0.1, 0.15) is 18.2 Å². The van der Waals surface area contributed by atoms with Gasteiger partial charge in [-0.15, -0.1) is 11.3 Å². The summed E-state index contributed by atoms with van der Waals surface area (Å²) in [6.07, 6.45) is 2.09. The first-order valence-electron chi connectivity index (χ1n) is 6.23. The van der Waals surface area contributed by atoms with Crippen molar-refractivity contribution >= 4 is 21.4 Å². The predicted molar refractivity (Wildman–Crippen MR) is 77.0 cm³/mol. The normalized spacial score (nSPS) is 11.8. The summed E-state index contributed by atoms with van der Waals surface area (Å²) in [6.45, 7) is 3.50. The van der Waals surface area contributed by atoms with Crippen molar-refractivity contribution < 1.29 is 8.42 Å². The average Bonchev–Trinajstić information content (AvgIpc) is 3.07. The van der Waals surface area contributed by atoms with Gasteiger partial charge in [0.25, 0.3) is 10.0 Å². The Morgan fingerprint density at radius 2 is 2.30 bits per heavy atom. The predicted octanol–water partition coefficient (Wildman–Crippen LogP) is 0.497. The molecule has 110 valence electrons. The molecule has 0 spiro atoms. The van der Waals surface area contributed by atoms with E-state index < -0.39 is 10.0 Å². The van der Waals surface area contributed by atoms with Crippen LogP contribution in [0.5, 0.6) is 0 Å². The number of aromatic nitrogens is 3. The van der Waals surface area contributed by atoms with Crippen LogP contribution < -0.4 is 10.0 Å². The van der Waals surface area contributed by atoms with Gasteiger partial charge in [-0.2, -0.15) is 5.10 Å².